The Morgan fingerprint density at radius 3 is 2.78 bits per heavy atom. The first-order valence-corrected chi connectivity index (χ1v) is 8.94. The van der Waals surface area contributed by atoms with Crippen molar-refractivity contribution in [1.82, 2.24) is 4.98 Å². The van der Waals surface area contributed by atoms with Crippen LogP contribution in [0.3, 0.4) is 0 Å². The second-order valence-electron chi connectivity index (χ2n) is 6.36. The molecule has 1 aromatic carbocycles. The largest absolute Gasteiger partial charge is 0.446 e. The number of halogens is 2. The van der Waals surface area contributed by atoms with Gasteiger partial charge in [-0.25, -0.2) is 14.2 Å². The van der Waals surface area contributed by atoms with Crippen LogP contribution in [0.1, 0.15) is 31.2 Å². The third kappa shape index (κ3) is 4.29. The molecular weight excluding hydrogens is 371 g/mol. The molecule has 1 saturated carbocycles. The van der Waals surface area contributed by atoms with Gasteiger partial charge in [-0.05, 0) is 24.8 Å². The number of rotatable bonds is 4. The van der Waals surface area contributed by atoms with Gasteiger partial charge in [0.2, 0.25) is 0 Å². The highest BCUT2D eigenvalue weighted by Crippen LogP contribution is 2.35. The number of anilines is 1. The molecule has 1 aromatic heterocycles. The Kier molecular flexibility index (Phi) is 5.77. The van der Waals surface area contributed by atoms with Crippen LogP contribution < -0.4 is 11.1 Å². The smallest absolute Gasteiger partial charge is 0.404 e. The molecule has 1 fully saturated rings. The lowest BCUT2D eigenvalue weighted by Gasteiger charge is -2.29. The van der Waals surface area contributed by atoms with Crippen molar-refractivity contribution in [3.05, 3.63) is 46.9 Å². The van der Waals surface area contributed by atoms with Gasteiger partial charge in [-0.3, -0.25) is 0 Å². The number of hydrogen-bond donors (Lipinski definition) is 2. The van der Waals surface area contributed by atoms with Gasteiger partial charge >= 0.3 is 6.09 Å². The molecule has 140 valence electrons. The van der Waals surface area contributed by atoms with Crippen LogP contribution in [-0.2, 0) is 4.74 Å². The molecule has 8 heteroatoms. The maximum atomic E-state index is 15.2. The van der Waals surface area contributed by atoms with Crippen molar-refractivity contribution in [3.63, 3.8) is 0 Å². The summed E-state index contributed by atoms with van der Waals surface area (Å²) in [5.74, 6) is -0.664. The second-order valence-corrected chi connectivity index (χ2v) is 6.72. The minimum Gasteiger partial charge on any atom is -0.446 e. The average Bonchev–Trinajstić information content (AvgIpc) is 2.64. The molecule has 0 radical (unpaired) electrons. The monoisotopic (exact) mass is 388 g/mol. The van der Waals surface area contributed by atoms with E-state index in [-0.39, 0.29) is 34.2 Å². The van der Waals surface area contributed by atoms with E-state index in [1.165, 1.54) is 0 Å². The van der Waals surface area contributed by atoms with Crippen molar-refractivity contribution in [2.24, 2.45) is 5.73 Å². The fourth-order valence-electron chi connectivity index (χ4n) is 3.35. The zero-order chi connectivity index (χ0) is 19.4. The predicted octanol–water partition coefficient (Wildman–Crippen LogP) is 4.23. The number of benzene rings is 1. The third-order valence-corrected chi connectivity index (χ3v) is 4.79. The Bertz CT molecular complexity index is 886. The topological polar surface area (TPSA) is 101 Å². The normalized spacial score (nSPS) is 19.1. The molecule has 27 heavy (non-hydrogen) atoms. The van der Waals surface area contributed by atoms with Gasteiger partial charge in [0.15, 0.2) is 11.6 Å². The number of ether oxygens (including phenoxy) is 1. The number of nitrogens with zero attached hydrogens (tertiary/aromatic N) is 2. The summed E-state index contributed by atoms with van der Waals surface area (Å²) in [6.07, 6.45) is 1.62. The van der Waals surface area contributed by atoms with E-state index in [9.17, 15) is 10.1 Å². The van der Waals surface area contributed by atoms with Gasteiger partial charge < -0.3 is 15.8 Å². The maximum Gasteiger partial charge on any atom is 0.404 e. The Morgan fingerprint density at radius 2 is 2.11 bits per heavy atom. The summed E-state index contributed by atoms with van der Waals surface area (Å²) < 4.78 is 20.3. The Morgan fingerprint density at radius 1 is 1.37 bits per heavy atom. The summed E-state index contributed by atoms with van der Waals surface area (Å²) in [5, 5.41) is 12.4. The second kappa shape index (κ2) is 8.23. The Balaban J connectivity index is 1.92. The number of carbonyl (C=O) groups excluding carboxylic acids is 1. The maximum absolute atomic E-state index is 15.2. The minimum atomic E-state index is -0.822. The van der Waals surface area contributed by atoms with Gasteiger partial charge in [0.05, 0.1) is 0 Å². The van der Waals surface area contributed by atoms with E-state index in [4.69, 9.17) is 22.1 Å². The minimum absolute atomic E-state index is 0.00972. The standard InChI is InChI=1S/C19H18ClFN4O2/c20-17-14(10-22)15(11-5-2-1-3-6-11)16(21)18(25-17)24-12-7-4-8-13(9-12)27-19(23)26/h1-3,5-6,12-13H,4,7-9H2,(H2,23,26)(H,24,25). The molecule has 0 bridgehead atoms. The molecule has 1 aliphatic carbocycles. The zero-order valence-corrected chi connectivity index (χ0v) is 15.2. The van der Waals surface area contributed by atoms with Crippen LogP contribution in [0.25, 0.3) is 11.1 Å². The first-order chi connectivity index (χ1) is 13.0. The first-order valence-electron chi connectivity index (χ1n) is 8.56. The van der Waals surface area contributed by atoms with E-state index in [2.05, 4.69) is 10.3 Å². The van der Waals surface area contributed by atoms with E-state index < -0.39 is 11.9 Å². The summed E-state index contributed by atoms with van der Waals surface area (Å²) >= 11 is 6.15. The fraction of sp³-hybridized carbons (Fsp3) is 0.316. The zero-order valence-electron chi connectivity index (χ0n) is 14.4. The van der Waals surface area contributed by atoms with Crippen molar-refractivity contribution in [1.29, 1.82) is 5.26 Å². The van der Waals surface area contributed by atoms with Crippen molar-refractivity contribution in [2.45, 2.75) is 37.8 Å². The van der Waals surface area contributed by atoms with Crippen LogP contribution in [-0.4, -0.2) is 23.2 Å². The van der Waals surface area contributed by atoms with Crippen LogP contribution in [0, 0.1) is 17.1 Å². The number of nitriles is 1. The lowest BCUT2D eigenvalue weighted by Crippen LogP contribution is -2.34. The summed E-state index contributed by atoms with van der Waals surface area (Å²) in [5.41, 5.74) is 5.72. The summed E-state index contributed by atoms with van der Waals surface area (Å²) in [6, 6.07) is 10.5. The molecule has 1 amide bonds. The van der Waals surface area contributed by atoms with Gasteiger partial charge in [0, 0.05) is 18.0 Å². The van der Waals surface area contributed by atoms with E-state index >= 15 is 4.39 Å². The quantitative estimate of drug-likeness (QED) is 0.763. The molecule has 0 aliphatic heterocycles. The number of hydrogen-bond acceptors (Lipinski definition) is 5. The van der Waals surface area contributed by atoms with E-state index in [0.29, 0.717) is 18.4 Å². The summed E-state index contributed by atoms with van der Waals surface area (Å²) in [6.45, 7) is 0. The van der Waals surface area contributed by atoms with Crippen LogP contribution in [0.4, 0.5) is 15.0 Å². The molecule has 0 saturated heterocycles. The molecule has 6 nitrogen and oxygen atoms in total. The highest BCUT2D eigenvalue weighted by molar-refractivity contribution is 6.31. The SMILES string of the molecule is N#Cc1c(Cl)nc(NC2CCCC(OC(N)=O)C2)c(F)c1-c1ccccc1. The van der Waals surface area contributed by atoms with E-state index in [0.717, 1.165) is 12.8 Å². The molecule has 3 rings (SSSR count). The van der Waals surface area contributed by atoms with Gasteiger partial charge in [-0.15, -0.1) is 0 Å². The highest BCUT2D eigenvalue weighted by Gasteiger charge is 2.27. The predicted molar refractivity (Wildman–Crippen MR) is 99.7 cm³/mol. The average molecular weight is 389 g/mol. The number of nitrogens with two attached hydrogens (primary N) is 1. The highest BCUT2D eigenvalue weighted by atomic mass is 35.5. The van der Waals surface area contributed by atoms with Gasteiger partial charge in [0.1, 0.15) is 22.9 Å². The third-order valence-electron chi connectivity index (χ3n) is 4.52. The molecule has 1 aliphatic rings. The lowest BCUT2D eigenvalue weighted by atomic mass is 9.92. The Labute approximate surface area is 161 Å². The summed E-state index contributed by atoms with van der Waals surface area (Å²) in [7, 11) is 0. The van der Waals surface area contributed by atoms with Crippen molar-refractivity contribution in [2.75, 3.05) is 5.32 Å². The molecular formula is C19H18ClFN4O2. The van der Waals surface area contributed by atoms with Crippen LogP contribution >= 0.6 is 11.6 Å². The van der Waals surface area contributed by atoms with Crippen molar-refractivity contribution < 1.29 is 13.9 Å². The number of carbonyl (C=O) groups is 1. The van der Waals surface area contributed by atoms with Gasteiger partial charge in [-0.2, -0.15) is 5.26 Å². The van der Waals surface area contributed by atoms with Crippen LogP contribution in [0.5, 0.6) is 0 Å². The number of pyridine rings is 1. The molecule has 2 unspecified atom stereocenters. The molecule has 2 atom stereocenters. The molecule has 2 aromatic rings. The van der Waals surface area contributed by atoms with Crippen LogP contribution in [0.15, 0.2) is 30.3 Å². The van der Waals surface area contributed by atoms with Crippen molar-refractivity contribution in [3.8, 4) is 17.2 Å². The van der Waals surface area contributed by atoms with E-state index in [1.54, 1.807) is 30.3 Å². The van der Waals surface area contributed by atoms with Crippen LogP contribution in [0.2, 0.25) is 5.15 Å². The summed E-state index contributed by atoms with van der Waals surface area (Å²) in [4.78, 5) is 15.0. The fourth-order valence-corrected chi connectivity index (χ4v) is 3.57. The van der Waals surface area contributed by atoms with Crippen molar-refractivity contribution >= 4 is 23.5 Å². The first kappa shape index (κ1) is 18.9. The molecule has 1 heterocycles. The lowest BCUT2D eigenvalue weighted by molar-refractivity contribution is 0.0796. The van der Waals surface area contributed by atoms with Gasteiger partial charge in [0.25, 0.3) is 0 Å². The number of amides is 1. The Hall–Kier alpha value is -2.85. The van der Waals surface area contributed by atoms with Gasteiger partial charge in [-0.1, -0.05) is 41.9 Å². The number of nitrogens with one attached hydrogen (secondary N) is 1. The van der Waals surface area contributed by atoms with E-state index in [1.807, 2.05) is 6.07 Å². The molecule has 0 spiro atoms. The number of primary amides is 1. The molecule has 3 N–H and O–H groups in total. The number of aromatic nitrogens is 1.